The maximum Gasteiger partial charge on any atom is 0.136 e. The Morgan fingerprint density at radius 2 is 2.05 bits per heavy atom. The largest absolute Gasteiger partial charge is 0.398 e. The average Bonchev–Trinajstić information content (AvgIpc) is 2.50. The molecule has 0 aliphatic heterocycles. The highest BCUT2D eigenvalue weighted by atomic mass is 19.1. The highest BCUT2D eigenvalue weighted by Gasteiger charge is 2.09. The second-order valence-electron chi connectivity index (χ2n) is 4.43. The molecule has 4 nitrogen and oxygen atoms in total. The highest BCUT2D eigenvalue weighted by Crippen LogP contribution is 2.29. The third-order valence-electron chi connectivity index (χ3n) is 3.09. The van der Waals surface area contributed by atoms with Gasteiger partial charge in [-0.15, -0.1) is 0 Å². The highest BCUT2D eigenvalue weighted by molar-refractivity contribution is 6.00. The van der Waals surface area contributed by atoms with Gasteiger partial charge in [-0.25, -0.2) is 9.37 Å². The van der Waals surface area contributed by atoms with Gasteiger partial charge < -0.3 is 11.1 Å². The van der Waals surface area contributed by atoms with Gasteiger partial charge in [-0.2, -0.15) is 0 Å². The molecule has 0 aliphatic rings. The van der Waals surface area contributed by atoms with Gasteiger partial charge in [0.15, 0.2) is 0 Å². The fraction of sp³-hybridized carbons (Fsp3) is 0.0667. The molecule has 0 saturated heterocycles. The predicted octanol–water partition coefficient (Wildman–Crippen LogP) is 2.96. The molecule has 0 amide bonds. The first-order chi connectivity index (χ1) is 9.75. The number of hydrogen-bond acceptors (Lipinski definition) is 4. The third-order valence-corrected chi connectivity index (χ3v) is 3.09. The van der Waals surface area contributed by atoms with Crippen molar-refractivity contribution in [3.05, 3.63) is 60.3 Å². The molecule has 20 heavy (non-hydrogen) atoms. The molecule has 0 atom stereocenters. The molecule has 0 bridgehead atoms. The number of benzene rings is 1. The van der Waals surface area contributed by atoms with Crippen molar-refractivity contribution in [1.82, 2.24) is 9.97 Å². The van der Waals surface area contributed by atoms with Crippen LogP contribution in [0.4, 0.5) is 15.9 Å². The normalized spacial score (nSPS) is 10.7. The van der Waals surface area contributed by atoms with E-state index in [0.717, 1.165) is 5.56 Å². The van der Waals surface area contributed by atoms with Gasteiger partial charge in [-0.05, 0) is 29.8 Å². The number of nitrogens with two attached hydrogens (primary N) is 1. The van der Waals surface area contributed by atoms with E-state index in [2.05, 4.69) is 15.3 Å². The van der Waals surface area contributed by atoms with E-state index in [4.69, 9.17) is 5.73 Å². The summed E-state index contributed by atoms with van der Waals surface area (Å²) in [5.74, 6) is 0.268. The molecule has 0 saturated carbocycles. The molecule has 5 heteroatoms. The van der Waals surface area contributed by atoms with Crippen LogP contribution in [0.3, 0.4) is 0 Å². The summed E-state index contributed by atoms with van der Waals surface area (Å²) in [6.07, 6.45) is 5.05. The lowest BCUT2D eigenvalue weighted by Crippen LogP contribution is -2.03. The number of aromatic nitrogens is 2. The Hall–Kier alpha value is -2.69. The van der Waals surface area contributed by atoms with Gasteiger partial charge in [-0.3, -0.25) is 4.98 Å². The van der Waals surface area contributed by atoms with Crippen LogP contribution in [0, 0.1) is 5.82 Å². The quantitative estimate of drug-likeness (QED) is 0.717. The minimum atomic E-state index is -0.305. The molecule has 3 rings (SSSR count). The second kappa shape index (κ2) is 5.13. The molecule has 1 aromatic carbocycles. The molecule has 0 aliphatic carbocycles. The van der Waals surface area contributed by atoms with E-state index in [0.29, 0.717) is 28.8 Å². The number of anilines is 2. The van der Waals surface area contributed by atoms with E-state index in [1.54, 1.807) is 30.7 Å². The van der Waals surface area contributed by atoms with E-state index in [1.807, 2.05) is 12.1 Å². The van der Waals surface area contributed by atoms with Crippen molar-refractivity contribution in [2.45, 2.75) is 6.54 Å². The van der Waals surface area contributed by atoms with E-state index in [9.17, 15) is 4.39 Å². The van der Waals surface area contributed by atoms with Gasteiger partial charge >= 0.3 is 0 Å². The predicted molar refractivity (Wildman–Crippen MR) is 77.7 cm³/mol. The molecule has 0 unspecified atom stereocenters. The number of halogens is 1. The summed E-state index contributed by atoms with van der Waals surface area (Å²) in [6, 6.07) is 8.35. The zero-order chi connectivity index (χ0) is 13.9. The lowest BCUT2D eigenvalue weighted by atomic mass is 10.1. The Bertz CT molecular complexity index is 743. The van der Waals surface area contributed by atoms with Crippen molar-refractivity contribution in [3.8, 4) is 0 Å². The average molecular weight is 268 g/mol. The van der Waals surface area contributed by atoms with Gasteiger partial charge in [0, 0.05) is 36.2 Å². The standard InChI is InChI=1S/C15H13FN4/c16-12-3-4-13(17)14-11(12)5-7-19-15(14)20-9-10-2-1-6-18-8-10/h1-8H,9,17H2,(H,19,20). The third kappa shape index (κ3) is 2.25. The van der Waals surface area contributed by atoms with Crippen LogP contribution < -0.4 is 11.1 Å². The van der Waals surface area contributed by atoms with Gasteiger partial charge in [0.2, 0.25) is 0 Å². The van der Waals surface area contributed by atoms with Gasteiger partial charge in [-0.1, -0.05) is 6.07 Å². The van der Waals surface area contributed by atoms with Gasteiger partial charge in [0.25, 0.3) is 0 Å². The summed E-state index contributed by atoms with van der Waals surface area (Å²) >= 11 is 0. The Morgan fingerprint density at radius 3 is 2.85 bits per heavy atom. The Morgan fingerprint density at radius 1 is 1.15 bits per heavy atom. The Labute approximate surface area is 115 Å². The fourth-order valence-electron chi connectivity index (χ4n) is 2.11. The van der Waals surface area contributed by atoms with Crippen molar-refractivity contribution in [2.24, 2.45) is 0 Å². The van der Waals surface area contributed by atoms with Crippen LogP contribution in [0.15, 0.2) is 48.9 Å². The summed E-state index contributed by atoms with van der Waals surface area (Å²) in [5.41, 5.74) is 7.45. The monoisotopic (exact) mass is 268 g/mol. The first-order valence-electron chi connectivity index (χ1n) is 6.21. The molecule has 0 spiro atoms. The zero-order valence-corrected chi connectivity index (χ0v) is 10.7. The minimum absolute atomic E-state index is 0.305. The fourth-order valence-corrected chi connectivity index (χ4v) is 2.11. The molecule has 2 heterocycles. The van der Waals surface area contributed by atoms with Crippen LogP contribution in [0.25, 0.3) is 10.8 Å². The topological polar surface area (TPSA) is 63.8 Å². The molecule has 2 aromatic heterocycles. The van der Waals surface area contributed by atoms with Gasteiger partial charge in [0.1, 0.15) is 11.6 Å². The first-order valence-corrected chi connectivity index (χ1v) is 6.21. The van der Waals surface area contributed by atoms with Crippen LogP contribution >= 0.6 is 0 Å². The SMILES string of the molecule is Nc1ccc(F)c2ccnc(NCc3cccnc3)c12. The number of rotatable bonds is 3. The number of fused-ring (bicyclic) bond motifs is 1. The Balaban J connectivity index is 1.98. The van der Waals surface area contributed by atoms with Gasteiger partial charge in [0.05, 0.1) is 5.39 Å². The van der Waals surface area contributed by atoms with Crippen molar-refractivity contribution in [3.63, 3.8) is 0 Å². The summed E-state index contributed by atoms with van der Waals surface area (Å²) in [4.78, 5) is 8.29. The van der Waals surface area contributed by atoms with Crippen LogP contribution in [0.2, 0.25) is 0 Å². The van der Waals surface area contributed by atoms with E-state index in [-0.39, 0.29) is 5.82 Å². The minimum Gasteiger partial charge on any atom is -0.398 e. The lowest BCUT2D eigenvalue weighted by molar-refractivity contribution is 0.640. The summed E-state index contributed by atoms with van der Waals surface area (Å²) in [5, 5.41) is 4.25. The van der Waals surface area contributed by atoms with Crippen molar-refractivity contribution in [1.29, 1.82) is 0 Å². The van der Waals surface area contributed by atoms with Crippen LogP contribution in [-0.4, -0.2) is 9.97 Å². The molecular formula is C15H13FN4. The molecular weight excluding hydrogens is 255 g/mol. The Kier molecular flexibility index (Phi) is 3.16. The number of hydrogen-bond donors (Lipinski definition) is 2. The smallest absolute Gasteiger partial charge is 0.136 e. The van der Waals surface area contributed by atoms with Crippen LogP contribution in [-0.2, 0) is 6.54 Å². The number of nitrogen functional groups attached to an aromatic ring is 1. The number of nitrogens with zero attached hydrogens (tertiary/aromatic N) is 2. The second-order valence-corrected chi connectivity index (χ2v) is 4.43. The molecule has 3 aromatic rings. The number of pyridine rings is 2. The van der Waals surface area contributed by atoms with Crippen molar-refractivity contribution >= 4 is 22.3 Å². The number of nitrogens with one attached hydrogen (secondary N) is 1. The molecule has 3 N–H and O–H groups in total. The van der Waals surface area contributed by atoms with E-state index >= 15 is 0 Å². The maximum absolute atomic E-state index is 13.8. The molecule has 100 valence electrons. The van der Waals surface area contributed by atoms with E-state index < -0.39 is 0 Å². The zero-order valence-electron chi connectivity index (χ0n) is 10.7. The summed E-state index contributed by atoms with van der Waals surface area (Å²) < 4.78 is 13.8. The summed E-state index contributed by atoms with van der Waals surface area (Å²) in [7, 11) is 0. The molecule has 0 radical (unpaired) electrons. The maximum atomic E-state index is 13.8. The summed E-state index contributed by atoms with van der Waals surface area (Å²) in [6.45, 7) is 0.551. The van der Waals surface area contributed by atoms with E-state index in [1.165, 1.54) is 6.07 Å². The van der Waals surface area contributed by atoms with Crippen LogP contribution in [0.1, 0.15) is 5.56 Å². The van der Waals surface area contributed by atoms with Crippen molar-refractivity contribution in [2.75, 3.05) is 11.1 Å². The van der Waals surface area contributed by atoms with Crippen molar-refractivity contribution < 1.29 is 4.39 Å². The van der Waals surface area contributed by atoms with Crippen LogP contribution in [0.5, 0.6) is 0 Å². The first kappa shape index (κ1) is 12.3. The molecule has 0 fully saturated rings. The lowest BCUT2D eigenvalue weighted by Gasteiger charge is -2.11.